The number of hydrogen-bond donors (Lipinski definition) is 2. The number of aromatic nitrogens is 1. The van der Waals surface area contributed by atoms with Gasteiger partial charge in [0, 0.05) is 57.0 Å². The molecule has 0 spiro atoms. The van der Waals surface area contributed by atoms with Gasteiger partial charge in [-0.05, 0) is 49.4 Å². The van der Waals surface area contributed by atoms with Crippen LogP contribution in [-0.4, -0.2) is 82.4 Å². The fourth-order valence-electron chi connectivity index (χ4n) is 5.03. The van der Waals surface area contributed by atoms with Crippen molar-refractivity contribution in [2.75, 3.05) is 39.3 Å². The Bertz CT molecular complexity index is 1130. The van der Waals surface area contributed by atoms with Gasteiger partial charge in [0.25, 0.3) is 5.91 Å². The fourth-order valence-corrected chi connectivity index (χ4v) is 5.03. The molecular formula is C28H35N5O3. The lowest BCUT2D eigenvalue weighted by molar-refractivity contribution is -0.123. The van der Waals surface area contributed by atoms with E-state index in [-0.39, 0.29) is 24.3 Å². The summed E-state index contributed by atoms with van der Waals surface area (Å²) in [6.07, 6.45) is 5.75. The van der Waals surface area contributed by atoms with E-state index >= 15 is 0 Å². The number of piperazine rings is 1. The Kier molecular flexibility index (Phi) is 7.05. The van der Waals surface area contributed by atoms with E-state index in [1.54, 1.807) is 6.20 Å². The van der Waals surface area contributed by atoms with Gasteiger partial charge in [-0.1, -0.05) is 37.1 Å². The highest BCUT2D eigenvalue weighted by Crippen LogP contribution is 2.47. The van der Waals surface area contributed by atoms with Crippen LogP contribution in [0.15, 0.2) is 53.7 Å². The molecule has 2 atom stereocenters. The minimum Gasteiger partial charge on any atom is -0.396 e. The van der Waals surface area contributed by atoms with E-state index in [1.807, 2.05) is 54.3 Å². The highest BCUT2D eigenvalue weighted by atomic mass is 16.3. The third kappa shape index (κ3) is 5.14. The number of hydrogen-bond acceptors (Lipinski definition) is 5. The zero-order chi connectivity index (χ0) is 25.1. The molecule has 1 aromatic heterocycles. The van der Waals surface area contributed by atoms with E-state index in [0.717, 1.165) is 23.5 Å². The predicted octanol–water partition coefficient (Wildman–Crippen LogP) is 2.26. The summed E-state index contributed by atoms with van der Waals surface area (Å²) >= 11 is 0. The first kappa shape index (κ1) is 24.4. The summed E-state index contributed by atoms with van der Waals surface area (Å²) in [5.74, 6) is 1.13. The van der Waals surface area contributed by atoms with Gasteiger partial charge in [-0.3, -0.25) is 14.6 Å². The molecule has 0 bridgehead atoms. The van der Waals surface area contributed by atoms with Gasteiger partial charge in [0.05, 0.1) is 0 Å². The summed E-state index contributed by atoms with van der Waals surface area (Å²) < 4.78 is 0. The third-order valence-corrected chi connectivity index (χ3v) is 7.66. The maximum absolute atomic E-state index is 13.3. The first-order valence-corrected chi connectivity index (χ1v) is 13.0. The van der Waals surface area contributed by atoms with Gasteiger partial charge in [0.15, 0.2) is 5.84 Å². The van der Waals surface area contributed by atoms with Gasteiger partial charge >= 0.3 is 0 Å². The first-order valence-electron chi connectivity index (χ1n) is 13.0. The Balaban J connectivity index is 1.34. The third-order valence-electron chi connectivity index (χ3n) is 7.66. The molecule has 2 N–H and O–H groups in total. The normalized spacial score (nSPS) is 23.9. The number of aliphatic hydroxyl groups is 1. The fraction of sp³-hybridized carbons (Fsp3) is 0.500. The van der Waals surface area contributed by atoms with Gasteiger partial charge < -0.3 is 20.2 Å². The number of aliphatic hydroxyl groups excluding tert-OH is 1. The van der Waals surface area contributed by atoms with E-state index < -0.39 is 5.54 Å². The average Bonchev–Trinajstić information content (AvgIpc) is 3.84. The molecule has 1 aliphatic heterocycles. The quantitative estimate of drug-likeness (QED) is 0.438. The Hall–Kier alpha value is -3.26. The first-order chi connectivity index (χ1) is 17.5. The summed E-state index contributed by atoms with van der Waals surface area (Å²) in [6, 6.07) is 13.3. The molecule has 2 amide bonds. The molecule has 0 radical (unpaired) electrons. The van der Waals surface area contributed by atoms with Gasteiger partial charge in [0.2, 0.25) is 5.91 Å². The molecule has 2 heterocycles. The number of amides is 2. The molecule has 3 fully saturated rings. The van der Waals surface area contributed by atoms with E-state index in [2.05, 4.69) is 15.2 Å². The molecule has 3 aliphatic rings. The van der Waals surface area contributed by atoms with Crippen LogP contribution < -0.4 is 5.32 Å². The van der Waals surface area contributed by atoms with Gasteiger partial charge in [-0.15, -0.1) is 0 Å². The van der Waals surface area contributed by atoms with Crippen LogP contribution in [0.3, 0.4) is 0 Å². The number of aliphatic imine (C=N–C) groups is 1. The van der Waals surface area contributed by atoms with E-state index in [1.165, 1.54) is 12.8 Å². The van der Waals surface area contributed by atoms with Crippen molar-refractivity contribution in [2.45, 2.75) is 38.1 Å². The van der Waals surface area contributed by atoms with Crippen molar-refractivity contribution in [1.82, 2.24) is 20.1 Å². The molecular weight excluding hydrogens is 454 g/mol. The number of amidine groups is 1. The zero-order valence-corrected chi connectivity index (χ0v) is 20.9. The average molecular weight is 490 g/mol. The van der Waals surface area contributed by atoms with Crippen LogP contribution >= 0.6 is 0 Å². The van der Waals surface area contributed by atoms with Crippen LogP contribution in [0.5, 0.6) is 0 Å². The maximum atomic E-state index is 13.3. The van der Waals surface area contributed by atoms with Crippen molar-refractivity contribution >= 4 is 17.6 Å². The van der Waals surface area contributed by atoms with Crippen LogP contribution in [0.2, 0.25) is 0 Å². The molecule has 8 nitrogen and oxygen atoms in total. The van der Waals surface area contributed by atoms with E-state index in [0.29, 0.717) is 50.7 Å². The highest BCUT2D eigenvalue weighted by Gasteiger charge is 2.60. The van der Waals surface area contributed by atoms with Crippen molar-refractivity contribution in [3.63, 3.8) is 0 Å². The molecule has 2 aromatic rings. The molecule has 2 unspecified atom stereocenters. The maximum Gasteiger partial charge on any atom is 0.254 e. The Labute approximate surface area is 212 Å². The Morgan fingerprint density at radius 1 is 1.08 bits per heavy atom. The number of nitrogens with one attached hydrogen (secondary N) is 1. The number of carbonyl (C=O) groups excluding carboxylic acids is 2. The molecule has 2 aliphatic carbocycles. The summed E-state index contributed by atoms with van der Waals surface area (Å²) in [4.78, 5) is 39.9. The van der Waals surface area contributed by atoms with Crippen LogP contribution in [0.25, 0.3) is 0 Å². The second kappa shape index (κ2) is 10.4. The summed E-state index contributed by atoms with van der Waals surface area (Å²) in [6.45, 7) is 4.83. The monoisotopic (exact) mass is 489 g/mol. The number of pyridine rings is 1. The molecule has 1 aromatic carbocycles. The van der Waals surface area contributed by atoms with Crippen molar-refractivity contribution < 1.29 is 14.7 Å². The molecule has 190 valence electrons. The summed E-state index contributed by atoms with van der Waals surface area (Å²) in [7, 11) is 0. The summed E-state index contributed by atoms with van der Waals surface area (Å²) in [5.41, 5.74) is 1.44. The minimum absolute atomic E-state index is 0.0399. The molecule has 5 rings (SSSR count). The molecule has 1 saturated heterocycles. The smallest absolute Gasteiger partial charge is 0.254 e. The summed E-state index contributed by atoms with van der Waals surface area (Å²) in [5, 5.41) is 13.0. The highest BCUT2D eigenvalue weighted by molar-refractivity contribution is 6.01. The lowest BCUT2D eigenvalue weighted by Gasteiger charge is -2.37. The van der Waals surface area contributed by atoms with Crippen LogP contribution in [-0.2, 0) is 4.79 Å². The van der Waals surface area contributed by atoms with Crippen LogP contribution in [0.4, 0.5) is 0 Å². The van der Waals surface area contributed by atoms with Crippen molar-refractivity contribution in [3.05, 3.63) is 65.5 Å². The standard InChI is InChI=1S/C28H35N5O3/c1-20-6-2-3-7-23(20)26(35)33-16-14-32(15-17-33)25(24-8-4-5-12-29-24)31-28(18-22(28)19-34)27(36)30-13-11-21-9-10-21/h2-8,12,21-22,34H,9-11,13-19H2,1H3,(H,30,36). The van der Waals surface area contributed by atoms with Crippen molar-refractivity contribution in [3.8, 4) is 0 Å². The van der Waals surface area contributed by atoms with Crippen molar-refractivity contribution in [2.24, 2.45) is 16.8 Å². The molecule has 36 heavy (non-hydrogen) atoms. The Morgan fingerprint density at radius 2 is 1.81 bits per heavy atom. The number of aryl methyl sites for hydroxylation is 1. The Morgan fingerprint density at radius 3 is 2.44 bits per heavy atom. The lowest BCUT2D eigenvalue weighted by atomic mass is 10.1. The minimum atomic E-state index is -0.959. The van der Waals surface area contributed by atoms with Gasteiger partial charge in [-0.25, -0.2) is 4.99 Å². The largest absolute Gasteiger partial charge is 0.396 e. The van der Waals surface area contributed by atoms with Crippen LogP contribution in [0, 0.1) is 18.8 Å². The van der Waals surface area contributed by atoms with Crippen LogP contribution in [0.1, 0.15) is 47.3 Å². The predicted molar refractivity (Wildman–Crippen MR) is 138 cm³/mol. The number of nitrogens with zero attached hydrogens (tertiary/aromatic N) is 4. The van der Waals surface area contributed by atoms with Gasteiger partial charge in [0.1, 0.15) is 11.2 Å². The zero-order valence-electron chi connectivity index (χ0n) is 20.9. The number of benzene rings is 1. The van der Waals surface area contributed by atoms with Gasteiger partial charge in [-0.2, -0.15) is 0 Å². The molecule has 8 heteroatoms. The van der Waals surface area contributed by atoms with E-state index in [4.69, 9.17) is 4.99 Å². The topological polar surface area (TPSA) is 98.1 Å². The molecule has 2 saturated carbocycles. The number of carbonyl (C=O) groups is 2. The SMILES string of the molecule is Cc1ccccc1C(=O)N1CCN(C(=NC2(C(=O)NCCC3CC3)CC2CO)c2ccccn2)CC1. The van der Waals surface area contributed by atoms with Crippen molar-refractivity contribution in [1.29, 1.82) is 0 Å². The lowest BCUT2D eigenvalue weighted by Crippen LogP contribution is -2.51. The second-order valence-corrected chi connectivity index (χ2v) is 10.2. The van der Waals surface area contributed by atoms with E-state index in [9.17, 15) is 14.7 Å². The number of rotatable bonds is 8. The second-order valence-electron chi connectivity index (χ2n) is 10.2.